The first-order valence-electron chi connectivity index (χ1n) is 7.08. The summed E-state index contributed by atoms with van der Waals surface area (Å²) in [5.74, 6) is -0.601. The highest BCUT2D eigenvalue weighted by molar-refractivity contribution is 5.83. The number of amides is 1. The van der Waals surface area contributed by atoms with Crippen LogP contribution in [0.1, 0.15) is 19.8 Å². The number of ether oxygens (including phenoxy) is 1. The molecule has 2 saturated heterocycles. The summed E-state index contributed by atoms with van der Waals surface area (Å²) in [6.45, 7) is 7.85. The molecule has 0 radical (unpaired) electrons. The molecule has 0 aromatic heterocycles. The molecule has 6 nitrogen and oxygen atoms in total. The van der Waals surface area contributed by atoms with Crippen LogP contribution in [0.25, 0.3) is 0 Å². The number of carbonyl (C=O) groups is 1. The fourth-order valence-electron chi connectivity index (χ4n) is 2.92. The number of likely N-dealkylation sites (tertiary alicyclic amines) is 1. The number of piperidine rings is 1. The van der Waals surface area contributed by atoms with Crippen LogP contribution in [-0.2, 0) is 9.53 Å². The topological polar surface area (TPSA) is 79.0 Å². The van der Waals surface area contributed by atoms with Gasteiger partial charge in [-0.3, -0.25) is 14.6 Å². The van der Waals surface area contributed by atoms with Gasteiger partial charge in [0.2, 0.25) is 0 Å². The van der Waals surface area contributed by atoms with E-state index in [2.05, 4.69) is 16.7 Å². The van der Waals surface area contributed by atoms with E-state index >= 15 is 0 Å². The molecule has 2 fully saturated rings. The number of aliphatic hydroxyl groups is 1. The zero-order valence-electron chi connectivity index (χ0n) is 11.7. The number of hydrogen-bond donors (Lipinski definition) is 2. The Hall–Kier alpha value is -0.690. The molecule has 2 aliphatic rings. The Bertz CT molecular complexity index is 320. The van der Waals surface area contributed by atoms with Gasteiger partial charge in [0.05, 0.1) is 13.2 Å². The largest absolute Gasteiger partial charge is 0.379 e. The van der Waals surface area contributed by atoms with Crippen molar-refractivity contribution in [3.05, 3.63) is 0 Å². The monoisotopic (exact) mass is 271 g/mol. The molecular formula is C13H25N3O3. The summed E-state index contributed by atoms with van der Waals surface area (Å²) in [7, 11) is 0. The van der Waals surface area contributed by atoms with Crippen LogP contribution in [0.5, 0.6) is 0 Å². The van der Waals surface area contributed by atoms with Crippen molar-refractivity contribution in [1.29, 1.82) is 0 Å². The summed E-state index contributed by atoms with van der Waals surface area (Å²) < 4.78 is 5.33. The van der Waals surface area contributed by atoms with Crippen LogP contribution >= 0.6 is 0 Å². The Morgan fingerprint density at radius 2 is 2.11 bits per heavy atom. The minimum Gasteiger partial charge on any atom is -0.379 e. The molecule has 3 N–H and O–H groups in total. The molecule has 2 unspecified atom stereocenters. The van der Waals surface area contributed by atoms with Gasteiger partial charge in [-0.15, -0.1) is 0 Å². The van der Waals surface area contributed by atoms with E-state index in [0.717, 1.165) is 45.8 Å². The summed E-state index contributed by atoms with van der Waals surface area (Å²) >= 11 is 0. The van der Waals surface area contributed by atoms with E-state index < -0.39 is 11.5 Å². The molecule has 0 saturated carbocycles. The summed E-state index contributed by atoms with van der Waals surface area (Å²) in [4.78, 5) is 15.9. The van der Waals surface area contributed by atoms with Crippen molar-refractivity contribution >= 4 is 5.91 Å². The molecule has 0 bridgehead atoms. The first-order chi connectivity index (χ1) is 9.01. The zero-order chi connectivity index (χ0) is 13.9. The highest BCUT2D eigenvalue weighted by Gasteiger charge is 2.39. The van der Waals surface area contributed by atoms with E-state index in [0.29, 0.717) is 19.0 Å². The lowest BCUT2D eigenvalue weighted by Gasteiger charge is -2.42. The van der Waals surface area contributed by atoms with Gasteiger partial charge in [-0.2, -0.15) is 0 Å². The number of carbonyl (C=O) groups excluding carboxylic acids is 1. The fourth-order valence-corrected chi connectivity index (χ4v) is 2.92. The SMILES string of the molecule is CC(CN1CCOCC1)N1CCCC(O)(C(N)=O)C1. The van der Waals surface area contributed by atoms with Crippen molar-refractivity contribution in [1.82, 2.24) is 9.80 Å². The Balaban J connectivity index is 1.87. The van der Waals surface area contributed by atoms with Crippen LogP contribution in [0.4, 0.5) is 0 Å². The highest BCUT2D eigenvalue weighted by atomic mass is 16.5. The molecule has 110 valence electrons. The Morgan fingerprint density at radius 3 is 2.74 bits per heavy atom. The molecule has 0 aromatic rings. The summed E-state index contributed by atoms with van der Waals surface area (Å²) in [5, 5.41) is 10.2. The number of nitrogens with zero attached hydrogens (tertiary/aromatic N) is 2. The quantitative estimate of drug-likeness (QED) is 0.687. The highest BCUT2D eigenvalue weighted by Crippen LogP contribution is 2.22. The molecule has 0 spiro atoms. The van der Waals surface area contributed by atoms with Crippen molar-refractivity contribution in [2.75, 3.05) is 45.9 Å². The number of morpholine rings is 1. The lowest BCUT2D eigenvalue weighted by atomic mass is 9.91. The van der Waals surface area contributed by atoms with Crippen LogP contribution in [0.15, 0.2) is 0 Å². The number of rotatable bonds is 4. The molecular weight excluding hydrogens is 246 g/mol. The van der Waals surface area contributed by atoms with Crippen LogP contribution < -0.4 is 5.73 Å². The van der Waals surface area contributed by atoms with Gasteiger partial charge in [0.1, 0.15) is 0 Å². The number of β-amino-alcohol motifs (C(OH)–C–C–N with tert-alkyl or cyclic N) is 1. The fraction of sp³-hybridized carbons (Fsp3) is 0.923. The summed E-state index contributed by atoms with van der Waals surface area (Å²) in [5.41, 5.74) is 3.96. The maximum Gasteiger partial charge on any atom is 0.250 e. The Kier molecular flexibility index (Phi) is 4.78. The van der Waals surface area contributed by atoms with Gasteiger partial charge in [0.15, 0.2) is 5.60 Å². The standard InChI is InChI=1S/C13H25N3O3/c1-11(9-15-5-7-19-8-6-15)16-4-2-3-13(18,10-16)12(14)17/h11,18H,2-10H2,1H3,(H2,14,17). The molecule has 19 heavy (non-hydrogen) atoms. The van der Waals surface area contributed by atoms with Crippen LogP contribution in [0.2, 0.25) is 0 Å². The number of nitrogens with two attached hydrogens (primary N) is 1. The van der Waals surface area contributed by atoms with E-state index in [1.807, 2.05) is 0 Å². The maximum atomic E-state index is 11.4. The van der Waals surface area contributed by atoms with Crippen molar-refractivity contribution in [3.8, 4) is 0 Å². The molecule has 6 heteroatoms. The average molecular weight is 271 g/mol. The first kappa shape index (κ1) is 14.7. The minimum absolute atomic E-state index is 0.310. The van der Waals surface area contributed by atoms with E-state index in [-0.39, 0.29) is 0 Å². The van der Waals surface area contributed by atoms with Crippen LogP contribution in [0, 0.1) is 0 Å². The van der Waals surface area contributed by atoms with Crippen LogP contribution in [-0.4, -0.2) is 78.4 Å². The van der Waals surface area contributed by atoms with Gasteiger partial charge < -0.3 is 15.6 Å². The summed E-state index contributed by atoms with van der Waals surface area (Å²) in [6.07, 6.45) is 1.29. The van der Waals surface area contributed by atoms with E-state index in [4.69, 9.17) is 10.5 Å². The van der Waals surface area contributed by atoms with Gasteiger partial charge in [-0.05, 0) is 26.3 Å². The molecule has 2 heterocycles. The number of primary amides is 1. The molecule has 0 aliphatic carbocycles. The average Bonchev–Trinajstić information content (AvgIpc) is 2.40. The molecule has 2 rings (SSSR count). The lowest BCUT2D eigenvalue weighted by molar-refractivity contribution is -0.143. The normalized spacial score (nSPS) is 32.1. The van der Waals surface area contributed by atoms with E-state index in [1.165, 1.54) is 0 Å². The van der Waals surface area contributed by atoms with Gasteiger partial charge in [0.25, 0.3) is 5.91 Å². The number of hydrogen-bond acceptors (Lipinski definition) is 5. The van der Waals surface area contributed by atoms with Crippen molar-refractivity contribution in [2.45, 2.75) is 31.4 Å². The molecule has 1 amide bonds. The van der Waals surface area contributed by atoms with Gasteiger partial charge in [0, 0.05) is 32.2 Å². The first-order valence-corrected chi connectivity index (χ1v) is 7.08. The zero-order valence-corrected chi connectivity index (χ0v) is 11.7. The minimum atomic E-state index is -1.35. The van der Waals surface area contributed by atoms with Gasteiger partial charge in [-0.1, -0.05) is 0 Å². The van der Waals surface area contributed by atoms with Crippen molar-refractivity contribution < 1.29 is 14.6 Å². The third kappa shape index (κ3) is 3.66. The van der Waals surface area contributed by atoms with Gasteiger partial charge in [-0.25, -0.2) is 0 Å². The predicted molar refractivity (Wildman–Crippen MR) is 71.7 cm³/mol. The summed E-state index contributed by atoms with van der Waals surface area (Å²) in [6, 6.07) is 0.310. The van der Waals surface area contributed by atoms with E-state index in [9.17, 15) is 9.90 Å². The lowest BCUT2D eigenvalue weighted by Crippen LogP contribution is -2.59. The maximum absolute atomic E-state index is 11.4. The predicted octanol–water partition coefficient (Wildman–Crippen LogP) is -0.981. The third-order valence-electron chi connectivity index (χ3n) is 4.21. The third-order valence-corrected chi connectivity index (χ3v) is 4.21. The van der Waals surface area contributed by atoms with E-state index in [1.54, 1.807) is 0 Å². The van der Waals surface area contributed by atoms with Crippen molar-refractivity contribution in [3.63, 3.8) is 0 Å². The van der Waals surface area contributed by atoms with Crippen LogP contribution in [0.3, 0.4) is 0 Å². The van der Waals surface area contributed by atoms with Crippen molar-refractivity contribution in [2.24, 2.45) is 5.73 Å². The Morgan fingerprint density at radius 1 is 1.42 bits per heavy atom. The van der Waals surface area contributed by atoms with Gasteiger partial charge >= 0.3 is 0 Å². The molecule has 2 aliphatic heterocycles. The Labute approximate surface area is 114 Å². The smallest absolute Gasteiger partial charge is 0.250 e. The second-order valence-electron chi connectivity index (χ2n) is 5.73. The second-order valence-corrected chi connectivity index (χ2v) is 5.73. The second kappa shape index (κ2) is 6.17. The molecule has 0 aromatic carbocycles. The molecule has 2 atom stereocenters.